The SMILES string of the molecule is Cc1ccc(NC(=O)c2ccc(CN3CCN(C)CC3)cc2)cc1Nc1nccc(-c2ccc[n+](COC(=O)N3CCOCC3)c2)n1. The Morgan fingerprint density at radius 1 is 0.979 bits per heavy atom. The van der Waals surface area contributed by atoms with Crippen LogP contribution >= 0.6 is 0 Å². The molecule has 2 N–H and O–H groups in total. The summed E-state index contributed by atoms with van der Waals surface area (Å²) in [6, 6.07) is 19.2. The highest BCUT2D eigenvalue weighted by Crippen LogP contribution is 2.25. The van der Waals surface area contributed by atoms with E-state index in [2.05, 4.69) is 32.5 Å². The number of morpholine rings is 1. The van der Waals surface area contributed by atoms with Gasteiger partial charge in [0.25, 0.3) is 12.6 Å². The Morgan fingerprint density at radius 3 is 2.55 bits per heavy atom. The zero-order valence-corrected chi connectivity index (χ0v) is 26.9. The van der Waals surface area contributed by atoms with Gasteiger partial charge in [-0.1, -0.05) is 18.2 Å². The molecule has 244 valence electrons. The molecule has 0 aliphatic carbocycles. The van der Waals surface area contributed by atoms with Crippen LogP contribution in [0.15, 0.2) is 79.3 Å². The Morgan fingerprint density at radius 2 is 1.77 bits per heavy atom. The number of amides is 2. The molecule has 12 heteroatoms. The number of likely N-dealkylation sites (N-methyl/N-ethyl adjacent to an activating group) is 1. The molecule has 0 atom stereocenters. The van der Waals surface area contributed by atoms with Gasteiger partial charge in [0.2, 0.25) is 5.95 Å². The molecule has 2 fully saturated rings. The Kier molecular flexibility index (Phi) is 10.3. The molecule has 2 aromatic carbocycles. The summed E-state index contributed by atoms with van der Waals surface area (Å²) in [6.45, 7) is 9.32. The first-order valence-electron chi connectivity index (χ1n) is 15.9. The molecule has 0 unspecified atom stereocenters. The number of carbonyl (C=O) groups excluding carboxylic acids is 2. The van der Waals surface area contributed by atoms with Gasteiger partial charge < -0.3 is 29.9 Å². The quantitative estimate of drug-likeness (QED) is 0.264. The summed E-state index contributed by atoms with van der Waals surface area (Å²) in [6.07, 6.45) is 5.04. The van der Waals surface area contributed by atoms with Crippen molar-refractivity contribution in [3.05, 3.63) is 95.9 Å². The maximum Gasteiger partial charge on any atom is 0.414 e. The number of ether oxygens (including phenoxy) is 2. The van der Waals surface area contributed by atoms with Crippen LogP contribution in [0.25, 0.3) is 11.3 Å². The lowest BCUT2D eigenvalue weighted by atomic mass is 10.1. The van der Waals surface area contributed by atoms with Crippen LogP contribution in [0.2, 0.25) is 0 Å². The second-order valence-electron chi connectivity index (χ2n) is 11.9. The van der Waals surface area contributed by atoms with Crippen molar-refractivity contribution in [1.82, 2.24) is 24.7 Å². The zero-order chi connectivity index (χ0) is 32.6. The van der Waals surface area contributed by atoms with Gasteiger partial charge in [-0.3, -0.25) is 9.69 Å². The summed E-state index contributed by atoms with van der Waals surface area (Å²) in [5.74, 6) is 0.247. The summed E-state index contributed by atoms with van der Waals surface area (Å²) in [5.41, 5.74) is 5.77. The van der Waals surface area contributed by atoms with E-state index in [1.165, 1.54) is 5.56 Å². The van der Waals surface area contributed by atoms with Gasteiger partial charge in [-0.25, -0.2) is 14.8 Å². The standard InChI is InChI=1S/C35H40N8O4/c1-26-5-10-30(37-33(44)28-8-6-27(7-9-28)23-41-16-14-40(2)15-17-41)22-32(26)39-34-36-12-11-31(38-34)29-4-3-13-42(24-29)25-47-35(45)43-18-20-46-21-19-43/h3-13,22,24H,14-21,23,25H2,1-2H3,(H-,36,37,38,39,44)/p+1. The Balaban J connectivity index is 1.07. The summed E-state index contributed by atoms with van der Waals surface area (Å²) in [5, 5.41) is 6.32. The van der Waals surface area contributed by atoms with Crippen LogP contribution in [0.3, 0.4) is 0 Å². The van der Waals surface area contributed by atoms with Crippen LogP contribution in [-0.2, 0) is 22.7 Å². The van der Waals surface area contributed by atoms with Crippen LogP contribution in [0.4, 0.5) is 22.1 Å². The Bertz CT molecular complexity index is 1690. The van der Waals surface area contributed by atoms with Gasteiger partial charge in [-0.05, 0) is 61.5 Å². The van der Waals surface area contributed by atoms with Crippen molar-refractivity contribution in [2.75, 3.05) is 70.2 Å². The molecular weight excluding hydrogens is 596 g/mol. The fourth-order valence-electron chi connectivity index (χ4n) is 5.48. The Labute approximate surface area is 274 Å². The highest BCUT2D eigenvalue weighted by molar-refractivity contribution is 6.04. The van der Waals surface area contributed by atoms with Crippen molar-refractivity contribution in [3.63, 3.8) is 0 Å². The lowest BCUT2D eigenvalue weighted by Gasteiger charge is -2.32. The minimum atomic E-state index is -0.358. The van der Waals surface area contributed by atoms with Crippen LogP contribution in [-0.4, -0.2) is 96.2 Å². The van der Waals surface area contributed by atoms with Crippen molar-refractivity contribution >= 4 is 29.3 Å². The highest BCUT2D eigenvalue weighted by Gasteiger charge is 2.20. The van der Waals surface area contributed by atoms with E-state index in [9.17, 15) is 9.59 Å². The fraction of sp³-hybridized carbons (Fsp3) is 0.343. The van der Waals surface area contributed by atoms with Crippen molar-refractivity contribution in [2.24, 2.45) is 0 Å². The topological polar surface area (TPSA) is 116 Å². The van der Waals surface area contributed by atoms with Gasteiger partial charge in [0.15, 0.2) is 12.4 Å². The van der Waals surface area contributed by atoms with Gasteiger partial charge in [0.05, 0.1) is 24.5 Å². The van der Waals surface area contributed by atoms with Crippen LogP contribution < -0.4 is 15.2 Å². The number of nitrogens with one attached hydrogen (secondary N) is 2. The molecule has 0 radical (unpaired) electrons. The molecule has 2 aliphatic rings. The Hall–Kier alpha value is -4.91. The van der Waals surface area contributed by atoms with Gasteiger partial charge in [-0.15, -0.1) is 0 Å². The number of aromatic nitrogens is 3. The predicted octanol–water partition coefficient (Wildman–Crippen LogP) is 3.91. The van der Waals surface area contributed by atoms with E-state index in [0.717, 1.165) is 49.5 Å². The molecule has 12 nitrogen and oxygen atoms in total. The van der Waals surface area contributed by atoms with E-state index in [1.807, 2.05) is 80.0 Å². The lowest BCUT2D eigenvalue weighted by Crippen LogP contribution is -2.44. The monoisotopic (exact) mass is 637 g/mol. The van der Waals surface area contributed by atoms with E-state index < -0.39 is 0 Å². The second-order valence-corrected chi connectivity index (χ2v) is 11.9. The minimum Gasteiger partial charge on any atom is -0.388 e. The van der Waals surface area contributed by atoms with Crippen LogP contribution in [0, 0.1) is 6.92 Å². The molecule has 2 amide bonds. The number of carbonyl (C=O) groups is 2. The molecule has 0 bridgehead atoms. The van der Waals surface area contributed by atoms with Gasteiger partial charge in [-0.2, -0.15) is 4.57 Å². The first kappa shape index (κ1) is 32.0. The number of benzene rings is 2. The maximum atomic E-state index is 13.1. The number of rotatable bonds is 9. The fourth-order valence-corrected chi connectivity index (χ4v) is 5.48. The first-order valence-corrected chi connectivity index (χ1v) is 15.9. The average Bonchev–Trinajstić information content (AvgIpc) is 3.10. The minimum absolute atomic E-state index is 0.0820. The van der Waals surface area contributed by atoms with Crippen LogP contribution in [0.5, 0.6) is 0 Å². The second kappa shape index (κ2) is 15.1. The van der Waals surface area contributed by atoms with E-state index in [0.29, 0.717) is 49.2 Å². The predicted molar refractivity (Wildman–Crippen MR) is 178 cm³/mol. The van der Waals surface area contributed by atoms with E-state index in [1.54, 1.807) is 15.7 Å². The lowest BCUT2D eigenvalue weighted by molar-refractivity contribution is -0.727. The van der Waals surface area contributed by atoms with E-state index in [-0.39, 0.29) is 18.7 Å². The molecule has 2 aromatic heterocycles. The largest absolute Gasteiger partial charge is 0.414 e. The molecule has 0 saturated carbocycles. The summed E-state index contributed by atoms with van der Waals surface area (Å²) >= 11 is 0. The average molecular weight is 638 g/mol. The number of piperazine rings is 1. The van der Waals surface area contributed by atoms with Crippen molar-refractivity contribution in [3.8, 4) is 11.3 Å². The molecule has 2 aliphatic heterocycles. The van der Waals surface area contributed by atoms with Crippen molar-refractivity contribution in [1.29, 1.82) is 0 Å². The summed E-state index contributed by atoms with van der Waals surface area (Å²) in [7, 11) is 2.15. The van der Waals surface area contributed by atoms with E-state index in [4.69, 9.17) is 14.5 Å². The number of aryl methyl sites for hydroxylation is 1. The third-order valence-corrected chi connectivity index (χ3v) is 8.38. The third-order valence-electron chi connectivity index (χ3n) is 8.38. The van der Waals surface area contributed by atoms with Crippen LogP contribution in [0.1, 0.15) is 21.5 Å². The van der Waals surface area contributed by atoms with Gasteiger partial charge in [0, 0.05) is 75.0 Å². The summed E-state index contributed by atoms with van der Waals surface area (Å²) < 4.78 is 12.6. The smallest absolute Gasteiger partial charge is 0.388 e. The zero-order valence-electron chi connectivity index (χ0n) is 26.9. The molecule has 47 heavy (non-hydrogen) atoms. The maximum absolute atomic E-state index is 13.1. The first-order chi connectivity index (χ1) is 22.9. The number of hydrogen-bond donors (Lipinski definition) is 2. The van der Waals surface area contributed by atoms with Gasteiger partial charge in [0.1, 0.15) is 0 Å². The molecule has 6 rings (SSSR count). The third kappa shape index (κ3) is 8.67. The number of pyridine rings is 1. The molecule has 0 spiro atoms. The van der Waals surface area contributed by atoms with Crippen molar-refractivity contribution < 1.29 is 23.6 Å². The molecular formula is C35H41N8O4+. The number of hydrogen-bond acceptors (Lipinski definition) is 9. The molecule has 2 saturated heterocycles. The number of anilines is 3. The number of nitrogens with zero attached hydrogens (tertiary/aromatic N) is 6. The normalized spacial score (nSPS) is 15.7. The summed E-state index contributed by atoms with van der Waals surface area (Å²) in [4.78, 5) is 41.1. The molecule has 4 heterocycles. The molecule has 4 aromatic rings. The van der Waals surface area contributed by atoms with Crippen molar-refractivity contribution in [2.45, 2.75) is 20.2 Å². The van der Waals surface area contributed by atoms with Gasteiger partial charge >= 0.3 is 6.09 Å². The highest BCUT2D eigenvalue weighted by atomic mass is 16.6. The van der Waals surface area contributed by atoms with E-state index >= 15 is 0 Å².